The summed E-state index contributed by atoms with van der Waals surface area (Å²) in [6.45, 7) is 16.8. The quantitative estimate of drug-likeness (QED) is 0.110. The second-order valence-corrected chi connectivity index (χ2v) is 12.7. The Morgan fingerprint density at radius 2 is 1.10 bits per heavy atom. The molecule has 0 N–H and O–H groups in total. The van der Waals surface area contributed by atoms with Crippen LogP contribution in [0, 0.1) is 6.92 Å². The minimum atomic E-state index is 0.967. The standard InChI is InChI=1S/C49H43N/c1-7-8-9-16-34(2)39-18-12-20-41(29-39)42-21-14-22-43(31-42)44-23-15-24-45(32-44)46-28-27-36(4)49(33-46)47-25-13-19-40(30-47)37(5)50-38(6)48-26-11-10-17-35(48)3/h7-33H,2-3H2,1,4-6H3/b8-7-,16-9-,48-38+,50-37+. The summed E-state index contributed by atoms with van der Waals surface area (Å²) in [5.41, 5.74) is 15.9. The van der Waals surface area contributed by atoms with E-state index in [0.717, 1.165) is 38.5 Å². The van der Waals surface area contributed by atoms with Gasteiger partial charge in [-0.1, -0.05) is 147 Å². The predicted octanol–water partition coefficient (Wildman–Crippen LogP) is 11.9. The van der Waals surface area contributed by atoms with Gasteiger partial charge in [0.15, 0.2) is 0 Å². The van der Waals surface area contributed by atoms with Crippen LogP contribution in [0.4, 0.5) is 0 Å². The maximum Gasteiger partial charge on any atom is 0.0454 e. The van der Waals surface area contributed by atoms with Gasteiger partial charge in [0.1, 0.15) is 0 Å². The first-order valence-corrected chi connectivity index (χ1v) is 17.1. The third-order valence-electron chi connectivity index (χ3n) is 9.13. The van der Waals surface area contributed by atoms with Crippen molar-refractivity contribution < 1.29 is 0 Å². The zero-order chi connectivity index (χ0) is 35.0. The van der Waals surface area contributed by atoms with Crippen LogP contribution in [-0.2, 0) is 0 Å². The van der Waals surface area contributed by atoms with Crippen LogP contribution in [0.15, 0.2) is 175 Å². The normalized spacial score (nSPS) is 12.4. The lowest BCUT2D eigenvalue weighted by Crippen LogP contribution is -2.24. The summed E-state index contributed by atoms with van der Waals surface area (Å²) in [4.78, 5) is 4.97. The van der Waals surface area contributed by atoms with Crippen LogP contribution in [0.2, 0.25) is 0 Å². The molecule has 0 spiro atoms. The van der Waals surface area contributed by atoms with Gasteiger partial charge in [-0.05, 0) is 130 Å². The van der Waals surface area contributed by atoms with E-state index < -0.39 is 0 Å². The number of nitrogens with zero attached hydrogens (tertiary/aromatic N) is 1. The van der Waals surface area contributed by atoms with Gasteiger partial charge in [-0.15, -0.1) is 0 Å². The van der Waals surface area contributed by atoms with Crippen molar-refractivity contribution in [2.45, 2.75) is 27.7 Å². The Kier molecular flexibility index (Phi) is 10.5. The molecule has 0 aliphatic rings. The van der Waals surface area contributed by atoms with Crippen LogP contribution in [0.3, 0.4) is 0 Å². The largest absolute Gasteiger partial charge is 0.257 e. The number of hydrogen-bond donors (Lipinski definition) is 0. The first kappa shape index (κ1) is 33.8. The van der Waals surface area contributed by atoms with E-state index in [2.05, 4.69) is 161 Å². The summed E-state index contributed by atoms with van der Waals surface area (Å²) < 4.78 is 0. The van der Waals surface area contributed by atoms with Crippen molar-refractivity contribution in [3.63, 3.8) is 0 Å². The smallest absolute Gasteiger partial charge is 0.0454 e. The zero-order valence-electron chi connectivity index (χ0n) is 29.4. The van der Waals surface area contributed by atoms with Crippen molar-refractivity contribution in [2.24, 2.45) is 4.99 Å². The Hall–Kier alpha value is -6.05. The second-order valence-electron chi connectivity index (χ2n) is 12.7. The number of rotatable bonds is 9. The third kappa shape index (κ3) is 7.80. The molecule has 0 radical (unpaired) electrons. The first-order chi connectivity index (χ1) is 24.3. The molecule has 0 amide bonds. The van der Waals surface area contributed by atoms with Gasteiger partial charge in [0.25, 0.3) is 0 Å². The highest BCUT2D eigenvalue weighted by atomic mass is 14.7. The number of hydrogen-bond acceptors (Lipinski definition) is 1. The molecule has 0 aliphatic heterocycles. The molecule has 0 saturated heterocycles. The van der Waals surface area contributed by atoms with Crippen LogP contribution < -0.4 is 10.4 Å². The zero-order valence-corrected chi connectivity index (χ0v) is 29.4. The summed E-state index contributed by atoms with van der Waals surface area (Å²) in [7, 11) is 0. The fraction of sp³-hybridized carbons (Fsp3) is 0.0816. The van der Waals surface area contributed by atoms with E-state index in [1.165, 1.54) is 50.1 Å². The monoisotopic (exact) mass is 645 g/mol. The van der Waals surface area contributed by atoms with Crippen molar-refractivity contribution >= 4 is 23.6 Å². The topological polar surface area (TPSA) is 12.4 Å². The van der Waals surface area contributed by atoms with Crippen LogP contribution in [0.5, 0.6) is 0 Å². The highest BCUT2D eigenvalue weighted by molar-refractivity contribution is 6.01. The van der Waals surface area contributed by atoms with Crippen molar-refractivity contribution in [3.8, 4) is 44.5 Å². The maximum atomic E-state index is 4.97. The van der Waals surface area contributed by atoms with Gasteiger partial charge in [0.2, 0.25) is 0 Å². The molecule has 0 aliphatic carbocycles. The van der Waals surface area contributed by atoms with Gasteiger partial charge in [-0.3, -0.25) is 4.99 Å². The summed E-state index contributed by atoms with van der Waals surface area (Å²) in [6.07, 6.45) is 8.11. The molecule has 6 aromatic rings. The predicted molar refractivity (Wildman–Crippen MR) is 218 cm³/mol. The highest BCUT2D eigenvalue weighted by Gasteiger charge is 2.10. The van der Waals surface area contributed by atoms with Gasteiger partial charge < -0.3 is 0 Å². The molecule has 50 heavy (non-hydrogen) atoms. The molecule has 6 aromatic carbocycles. The van der Waals surface area contributed by atoms with Gasteiger partial charge in [-0.2, -0.15) is 0 Å². The minimum absolute atomic E-state index is 0.967. The van der Waals surface area contributed by atoms with Gasteiger partial charge in [0, 0.05) is 16.6 Å². The lowest BCUT2D eigenvalue weighted by atomic mass is 9.92. The van der Waals surface area contributed by atoms with Crippen molar-refractivity contribution in [2.75, 3.05) is 0 Å². The summed E-state index contributed by atoms with van der Waals surface area (Å²) in [5, 5.41) is 2.06. The van der Waals surface area contributed by atoms with Crippen molar-refractivity contribution in [1.29, 1.82) is 0 Å². The maximum absolute atomic E-state index is 4.97. The molecule has 0 atom stereocenters. The summed E-state index contributed by atoms with van der Waals surface area (Å²) >= 11 is 0. The van der Waals surface area contributed by atoms with E-state index in [9.17, 15) is 0 Å². The Balaban J connectivity index is 1.30. The van der Waals surface area contributed by atoms with Crippen LogP contribution in [-0.4, -0.2) is 5.71 Å². The van der Waals surface area contributed by atoms with E-state index >= 15 is 0 Å². The van der Waals surface area contributed by atoms with Gasteiger partial charge in [-0.25, -0.2) is 0 Å². The third-order valence-corrected chi connectivity index (χ3v) is 9.13. The molecule has 0 saturated carbocycles. The van der Waals surface area contributed by atoms with Crippen LogP contribution in [0.1, 0.15) is 37.5 Å². The van der Waals surface area contributed by atoms with E-state index in [4.69, 9.17) is 4.99 Å². The SMILES string of the molecule is C=C(/C=C\C=C/C)c1cccc(-c2cccc(-c3cccc(-c4ccc(C)c(-c5cccc(/C(C)=N/C(C)=c6\ccccc6=C)c5)c4)c3)c2)c1. The minimum Gasteiger partial charge on any atom is -0.257 e. The van der Waals surface area contributed by atoms with Crippen molar-refractivity contribution in [3.05, 3.63) is 198 Å². The average Bonchev–Trinajstić information content (AvgIpc) is 3.15. The lowest BCUT2D eigenvalue weighted by molar-refractivity contribution is 1.38. The van der Waals surface area contributed by atoms with Gasteiger partial charge >= 0.3 is 0 Å². The molecule has 1 nitrogen and oxygen atoms in total. The van der Waals surface area contributed by atoms with Gasteiger partial charge in [0.05, 0.1) is 0 Å². The number of aliphatic imine (C=N–C) groups is 1. The molecule has 0 bridgehead atoms. The van der Waals surface area contributed by atoms with E-state index in [0.29, 0.717) is 0 Å². The molecular formula is C49H43N. The van der Waals surface area contributed by atoms with Crippen LogP contribution >= 0.6 is 0 Å². The molecular weight excluding hydrogens is 603 g/mol. The molecule has 0 unspecified atom stereocenters. The van der Waals surface area contributed by atoms with E-state index in [1.54, 1.807) is 0 Å². The van der Waals surface area contributed by atoms with Crippen molar-refractivity contribution in [1.82, 2.24) is 0 Å². The molecule has 244 valence electrons. The molecule has 0 fully saturated rings. The molecule has 1 heteroatoms. The summed E-state index contributed by atoms with van der Waals surface area (Å²) in [5.74, 6) is 0. The number of allylic oxidation sites excluding steroid dienone is 5. The average molecular weight is 646 g/mol. The number of benzene rings is 6. The fourth-order valence-electron chi connectivity index (χ4n) is 6.31. The van der Waals surface area contributed by atoms with Crippen LogP contribution in [0.25, 0.3) is 62.4 Å². The molecule has 0 aromatic heterocycles. The summed E-state index contributed by atoms with van der Waals surface area (Å²) in [6, 6.07) is 49.8. The molecule has 0 heterocycles. The Labute approximate surface area is 297 Å². The number of aryl methyl sites for hydroxylation is 1. The second kappa shape index (κ2) is 15.4. The van der Waals surface area contributed by atoms with E-state index in [-0.39, 0.29) is 0 Å². The Morgan fingerprint density at radius 3 is 1.74 bits per heavy atom. The van der Waals surface area contributed by atoms with E-state index in [1.807, 2.05) is 43.4 Å². The fourth-order valence-corrected chi connectivity index (χ4v) is 6.31. The Bertz CT molecular complexity index is 2400. The molecule has 6 rings (SSSR count). The Morgan fingerprint density at radius 1 is 0.560 bits per heavy atom. The lowest BCUT2D eigenvalue weighted by Gasteiger charge is -2.13. The highest BCUT2D eigenvalue weighted by Crippen LogP contribution is 2.34. The first-order valence-electron chi connectivity index (χ1n) is 17.1.